The first kappa shape index (κ1) is 23.3. The molecule has 182 valence electrons. The van der Waals surface area contributed by atoms with Gasteiger partial charge in [-0.05, 0) is 74.3 Å². The molecule has 5 rings (SSSR count). The second kappa shape index (κ2) is 9.32. The Morgan fingerprint density at radius 2 is 1.91 bits per heavy atom. The summed E-state index contributed by atoms with van der Waals surface area (Å²) in [7, 11) is 0. The van der Waals surface area contributed by atoms with Crippen LogP contribution in [-0.2, 0) is 4.74 Å². The van der Waals surface area contributed by atoms with Crippen LogP contribution in [0, 0.1) is 23.4 Å². The van der Waals surface area contributed by atoms with Crippen molar-refractivity contribution in [2.24, 2.45) is 5.92 Å². The van der Waals surface area contributed by atoms with E-state index in [2.05, 4.69) is 15.0 Å². The lowest BCUT2D eigenvalue weighted by atomic mass is 9.73. The molecule has 4 aromatic rings. The summed E-state index contributed by atoms with van der Waals surface area (Å²) in [5, 5.41) is 0.858. The molecular weight excluding hydrogens is 455 g/mol. The summed E-state index contributed by atoms with van der Waals surface area (Å²) in [6.45, 7) is 3.62. The van der Waals surface area contributed by atoms with E-state index < -0.39 is 23.2 Å². The Bertz CT molecular complexity index is 1410. The summed E-state index contributed by atoms with van der Waals surface area (Å²) in [5.41, 5.74) is 1.35. The van der Waals surface area contributed by atoms with Crippen molar-refractivity contribution in [3.05, 3.63) is 70.9 Å². The van der Waals surface area contributed by atoms with Gasteiger partial charge in [-0.1, -0.05) is 6.92 Å². The molecule has 1 atom stereocenters. The van der Waals surface area contributed by atoms with Gasteiger partial charge < -0.3 is 9.72 Å². The predicted molar refractivity (Wildman–Crippen MR) is 127 cm³/mol. The first-order valence-corrected chi connectivity index (χ1v) is 12.0. The Morgan fingerprint density at radius 3 is 2.66 bits per heavy atom. The van der Waals surface area contributed by atoms with Gasteiger partial charge in [0.1, 0.15) is 28.5 Å². The van der Waals surface area contributed by atoms with Crippen molar-refractivity contribution >= 4 is 27.9 Å². The van der Waals surface area contributed by atoms with E-state index in [1.807, 2.05) is 13.0 Å². The third-order valence-electron chi connectivity index (χ3n) is 7.25. The van der Waals surface area contributed by atoms with Gasteiger partial charge in [0.15, 0.2) is 5.82 Å². The quantitative estimate of drug-likeness (QED) is 0.319. The summed E-state index contributed by atoms with van der Waals surface area (Å²) in [6.07, 6.45) is 5.48. The number of halogens is 3. The van der Waals surface area contributed by atoms with Gasteiger partial charge in [-0.15, -0.1) is 0 Å². The minimum atomic E-state index is -1.04. The first-order valence-electron chi connectivity index (χ1n) is 12.0. The van der Waals surface area contributed by atoms with Crippen LogP contribution in [-0.4, -0.2) is 27.5 Å². The fourth-order valence-corrected chi connectivity index (χ4v) is 5.35. The molecule has 0 bridgehead atoms. The van der Waals surface area contributed by atoms with Crippen LogP contribution in [0.2, 0.25) is 0 Å². The lowest BCUT2D eigenvalue weighted by molar-refractivity contribution is 0.0515. The second-order valence-corrected chi connectivity index (χ2v) is 9.25. The first-order chi connectivity index (χ1) is 16.9. The summed E-state index contributed by atoms with van der Waals surface area (Å²) >= 11 is 0. The highest BCUT2D eigenvalue weighted by molar-refractivity contribution is 5.94. The van der Waals surface area contributed by atoms with Crippen LogP contribution in [0.3, 0.4) is 0 Å². The lowest BCUT2D eigenvalue weighted by Gasteiger charge is -2.32. The number of ether oxygens (including phenoxy) is 1. The smallest absolute Gasteiger partial charge is 0.344 e. The monoisotopic (exact) mass is 481 g/mol. The predicted octanol–water partition coefficient (Wildman–Crippen LogP) is 6.78. The minimum absolute atomic E-state index is 0.0107. The number of nitrogens with one attached hydrogen (secondary N) is 1. The molecule has 1 N–H and O–H groups in total. The molecule has 1 aliphatic carbocycles. The van der Waals surface area contributed by atoms with E-state index in [0.717, 1.165) is 48.2 Å². The molecule has 1 fully saturated rings. The van der Waals surface area contributed by atoms with Crippen LogP contribution in [0.4, 0.5) is 13.2 Å². The van der Waals surface area contributed by atoms with Crippen molar-refractivity contribution in [2.45, 2.75) is 51.4 Å². The second-order valence-electron chi connectivity index (χ2n) is 9.25. The highest BCUT2D eigenvalue weighted by atomic mass is 19.1. The zero-order chi connectivity index (χ0) is 24.7. The zero-order valence-corrected chi connectivity index (χ0v) is 19.6. The fraction of sp³-hybridized carbons (Fsp3) is 0.370. The average Bonchev–Trinajstić information content (AvgIpc) is 3.28. The van der Waals surface area contributed by atoms with Crippen LogP contribution in [0.25, 0.3) is 21.9 Å². The molecule has 0 saturated heterocycles. The number of fused-ring (bicyclic) bond motifs is 2. The number of carbonyl (C=O) groups is 1. The molecule has 35 heavy (non-hydrogen) atoms. The van der Waals surface area contributed by atoms with Crippen LogP contribution < -0.4 is 0 Å². The van der Waals surface area contributed by atoms with Gasteiger partial charge in [-0.25, -0.2) is 22.9 Å². The van der Waals surface area contributed by atoms with E-state index in [1.165, 1.54) is 6.07 Å². The number of benzene rings is 2. The number of H-pyrrole nitrogens is 1. The molecular formula is C27H26F3N3O2. The fourth-order valence-electron chi connectivity index (χ4n) is 5.35. The Kier molecular flexibility index (Phi) is 6.21. The van der Waals surface area contributed by atoms with Crippen molar-refractivity contribution in [1.82, 2.24) is 15.0 Å². The average molecular weight is 482 g/mol. The van der Waals surface area contributed by atoms with Crippen LogP contribution in [0.15, 0.2) is 36.5 Å². The molecule has 0 spiro atoms. The number of esters is 1. The summed E-state index contributed by atoms with van der Waals surface area (Å²) in [4.78, 5) is 23.8. The van der Waals surface area contributed by atoms with E-state index in [4.69, 9.17) is 4.74 Å². The van der Waals surface area contributed by atoms with E-state index in [9.17, 15) is 18.0 Å². The van der Waals surface area contributed by atoms with Gasteiger partial charge >= 0.3 is 5.97 Å². The van der Waals surface area contributed by atoms with E-state index in [0.29, 0.717) is 17.7 Å². The molecule has 0 unspecified atom stereocenters. The van der Waals surface area contributed by atoms with Gasteiger partial charge in [0.25, 0.3) is 0 Å². The topological polar surface area (TPSA) is 67.9 Å². The SMILES string of the molecule is CCOC(=O)c1c(F)cc2[nH]c([C@H](C)C3CCC(c4ccnc5ccc(F)cc45)CC3)nc2c1F. The number of aromatic nitrogens is 3. The lowest BCUT2D eigenvalue weighted by Crippen LogP contribution is -2.19. The summed E-state index contributed by atoms with van der Waals surface area (Å²) < 4.78 is 48.1. The Morgan fingerprint density at radius 1 is 1.14 bits per heavy atom. The molecule has 0 amide bonds. The highest BCUT2D eigenvalue weighted by Gasteiger charge is 2.30. The number of imidazole rings is 1. The molecule has 2 heterocycles. The number of hydrogen-bond acceptors (Lipinski definition) is 4. The summed E-state index contributed by atoms with van der Waals surface area (Å²) in [6, 6.07) is 7.76. The van der Waals surface area contributed by atoms with Crippen LogP contribution >= 0.6 is 0 Å². The number of rotatable bonds is 5. The number of nitrogens with zero attached hydrogens (tertiary/aromatic N) is 2. The van der Waals surface area contributed by atoms with Crippen molar-refractivity contribution in [2.75, 3.05) is 6.61 Å². The zero-order valence-electron chi connectivity index (χ0n) is 19.6. The number of pyridine rings is 1. The maximum Gasteiger partial charge on any atom is 0.344 e. The van der Waals surface area contributed by atoms with Gasteiger partial charge in [0, 0.05) is 23.6 Å². The third-order valence-corrected chi connectivity index (χ3v) is 7.25. The third kappa shape index (κ3) is 4.26. The van der Waals surface area contributed by atoms with Crippen molar-refractivity contribution < 1.29 is 22.7 Å². The standard InChI is InChI=1S/C27H26F3N3O2/c1-3-35-27(34)23-20(29)13-22-25(24(23)30)33-26(32-22)14(2)15-4-6-16(7-5-15)18-10-11-31-21-9-8-17(28)12-19(18)21/h8-16H,3-7H2,1-2H3,(H,32,33)/t14-,15?,16?/m1/s1. The van der Waals surface area contributed by atoms with E-state index >= 15 is 0 Å². The largest absolute Gasteiger partial charge is 0.462 e. The maximum absolute atomic E-state index is 15.0. The Balaban J connectivity index is 1.35. The van der Waals surface area contributed by atoms with E-state index in [-0.39, 0.29) is 29.4 Å². The highest BCUT2D eigenvalue weighted by Crippen LogP contribution is 2.43. The van der Waals surface area contributed by atoms with Gasteiger partial charge in [-0.2, -0.15) is 0 Å². The normalized spacial score (nSPS) is 19.2. The van der Waals surface area contributed by atoms with E-state index in [1.54, 1.807) is 25.3 Å². The molecule has 8 heteroatoms. The van der Waals surface area contributed by atoms with Gasteiger partial charge in [0.05, 0.1) is 17.6 Å². The number of aromatic amines is 1. The van der Waals surface area contributed by atoms with Crippen molar-refractivity contribution in [3.8, 4) is 0 Å². The number of carbonyl (C=O) groups excluding carboxylic acids is 1. The molecule has 0 radical (unpaired) electrons. The molecule has 2 aromatic heterocycles. The van der Waals surface area contributed by atoms with Crippen LogP contribution in [0.1, 0.15) is 73.1 Å². The van der Waals surface area contributed by atoms with Gasteiger partial charge in [-0.3, -0.25) is 4.98 Å². The minimum Gasteiger partial charge on any atom is -0.462 e. The van der Waals surface area contributed by atoms with Crippen molar-refractivity contribution in [3.63, 3.8) is 0 Å². The number of hydrogen-bond donors (Lipinski definition) is 1. The maximum atomic E-state index is 15.0. The molecule has 1 saturated carbocycles. The Hall–Kier alpha value is -3.42. The molecule has 1 aliphatic rings. The van der Waals surface area contributed by atoms with Gasteiger partial charge in [0.2, 0.25) is 0 Å². The van der Waals surface area contributed by atoms with Crippen molar-refractivity contribution in [1.29, 1.82) is 0 Å². The molecule has 0 aliphatic heterocycles. The summed E-state index contributed by atoms with van der Waals surface area (Å²) in [5.74, 6) is -2.12. The Labute approximate surface area is 200 Å². The van der Waals surface area contributed by atoms with Crippen LogP contribution in [0.5, 0.6) is 0 Å². The molecule has 2 aromatic carbocycles. The molecule has 5 nitrogen and oxygen atoms in total.